The maximum Gasteiger partial charge on any atom is 0.405 e. The highest BCUT2D eigenvalue weighted by atomic mass is 32.2. The Bertz CT molecular complexity index is 913. The van der Waals surface area contributed by atoms with Crippen LogP contribution in [-0.4, -0.2) is 63.0 Å². The molecule has 1 aliphatic heterocycles. The molecule has 0 bridgehead atoms. The van der Waals surface area contributed by atoms with Crippen molar-refractivity contribution in [2.75, 3.05) is 26.2 Å². The number of esters is 1. The van der Waals surface area contributed by atoms with Gasteiger partial charge >= 0.3 is 18.2 Å². The van der Waals surface area contributed by atoms with Crippen LogP contribution in [0.15, 0.2) is 29.2 Å². The Morgan fingerprint density at radius 3 is 2.25 bits per heavy atom. The van der Waals surface area contributed by atoms with Crippen molar-refractivity contribution >= 4 is 27.9 Å². The number of urea groups is 1. The lowest BCUT2D eigenvalue weighted by Gasteiger charge is -2.25. The monoisotopic (exact) mass is 479 g/mol. The number of rotatable bonds is 8. The molecule has 1 saturated heterocycles. The number of alkyl halides is 3. The van der Waals surface area contributed by atoms with Crippen molar-refractivity contribution in [2.24, 2.45) is 0 Å². The Labute approximate surface area is 183 Å². The first-order valence-electron chi connectivity index (χ1n) is 9.86. The number of aryl methyl sites for hydroxylation is 1. The molecule has 1 aromatic carbocycles. The normalized spacial score (nSPS) is 15.1. The zero-order valence-corrected chi connectivity index (χ0v) is 17.9. The second kappa shape index (κ2) is 11.3. The summed E-state index contributed by atoms with van der Waals surface area (Å²) in [5, 5.41) is 3.04. The summed E-state index contributed by atoms with van der Waals surface area (Å²) >= 11 is 0. The van der Waals surface area contributed by atoms with Gasteiger partial charge in [-0.3, -0.25) is 14.9 Å². The molecule has 1 aromatic rings. The molecule has 13 heteroatoms. The van der Waals surface area contributed by atoms with E-state index >= 15 is 0 Å². The summed E-state index contributed by atoms with van der Waals surface area (Å²) in [6.45, 7) is -1.45. The molecule has 0 aromatic heterocycles. The number of ether oxygens (including phenoxy) is 1. The van der Waals surface area contributed by atoms with Crippen LogP contribution in [0.3, 0.4) is 0 Å². The third-order valence-corrected chi connectivity index (χ3v) is 6.47. The summed E-state index contributed by atoms with van der Waals surface area (Å²) in [5.41, 5.74) is 0.676. The van der Waals surface area contributed by atoms with Crippen LogP contribution in [0.25, 0.3) is 0 Å². The fraction of sp³-hybridized carbons (Fsp3) is 0.526. The van der Waals surface area contributed by atoms with Crippen LogP contribution in [-0.2, 0) is 30.8 Å². The predicted octanol–water partition coefficient (Wildman–Crippen LogP) is 1.73. The molecule has 1 aliphatic rings. The van der Waals surface area contributed by atoms with E-state index in [1.165, 1.54) is 21.8 Å². The van der Waals surface area contributed by atoms with Crippen LogP contribution >= 0.6 is 0 Å². The van der Waals surface area contributed by atoms with Crippen molar-refractivity contribution in [2.45, 2.75) is 43.2 Å². The number of amides is 3. The molecule has 3 amide bonds. The number of imide groups is 1. The third kappa shape index (κ3) is 8.46. The fourth-order valence-electron chi connectivity index (χ4n) is 2.93. The van der Waals surface area contributed by atoms with Crippen LogP contribution in [0.5, 0.6) is 0 Å². The van der Waals surface area contributed by atoms with Gasteiger partial charge < -0.3 is 10.1 Å². The highest BCUT2D eigenvalue weighted by Gasteiger charge is 2.28. The molecule has 0 saturated carbocycles. The Balaban J connectivity index is 1.73. The molecular weight excluding hydrogens is 455 g/mol. The molecule has 0 spiro atoms. The first kappa shape index (κ1) is 25.6. The Hall–Kier alpha value is -2.67. The van der Waals surface area contributed by atoms with Crippen LogP contribution in [0, 0.1) is 0 Å². The van der Waals surface area contributed by atoms with Gasteiger partial charge in [0.25, 0.3) is 5.91 Å². The van der Waals surface area contributed by atoms with Gasteiger partial charge in [0.2, 0.25) is 10.0 Å². The summed E-state index contributed by atoms with van der Waals surface area (Å²) in [4.78, 5) is 34.5. The molecular formula is C19H24F3N3O6S. The van der Waals surface area contributed by atoms with E-state index in [-0.39, 0.29) is 17.7 Å². The standard InChI is InChI=1S/C19H24F3N3O6S/c20-19(21,22)13-23-18(28)24-16(26)12-31-17(27)9-6-14-4-7-15(8-5-14)32(29,30)25-10-2-1-3-11-25/h4-5,7-8H,1-3,6,9-13H2,(H2,23,24,26,28). The van der Waals surface area contributed by atoms with Crippen molar-refractivity contribution in [3.05, 3.63) is 29.8 Å². The van der Waals surface area contributed by atoms with Crippen LogP contribution in [0.1, 0.15) is 31.2 Å². The van der Waals surface area contributed by atoms with Gasteiger partial charge in [0, 0.05) is 19.5 Å². The molecule has 2 rings (SSSR count). The first-order chi connectivity index (χ1) is 15.0. The lowest BCUT2D eigenvalue weighted by molar-refractivity contribution is -0.148. The molecule has 32 heavy (non-hydrogen) atoms. The molecule has 1 heterocycles. The quantitative estimate of drug-likeness (QED) is 0.548. The summed E-state index contributed by atoms with van der Waals surface area (Å²) in [6, 6.07) is 4.75. The number of halogens is 3. The number of carbonyl (C=O) groups excluding carboxylic acids is 3. The number of benzene rings is 1. The Morgan fingerprint density at radius 2 is 1.66 bits per heavy atom. The van der Waals surface area contributed by atoms with Crippen molar-refractivity contribution in [1.29, 1.82) is 0 Å². The maximum absolute atomic E-state index is 12.6. The molecule has 0 unspecified atom stereocenters. The molecule has 2 N–H and O–H groups in total. The van der Waals surface area contributed by atoms with Gasteiger partial charge in [0.05, 0.1) is 4.90 Å². The Kier molecular flexibility index (Phi) is 9.01. The molecule has 0 aliphatic carbocycles. The summed E-state index contributed by atoms with van der Waals surface area (Å²) < 4.78 is 67.3. The first-order valence-corrected chi connectivity index (χ1v) is 11.3. The van der Waals surface area contributed by atoms with Gasteiger partial charge in [0.1, 0.15) is 6.54 Å². The summed E-state index contributed by atoms with van der Waals surface area (Å²) in [6.07, 6.45) is -1.86. The van der Waals surface area contributed by atoms with Crippen LogP contribution in [0.2, 0.25) is 0 Å². The number of piperidine rings is 1. The van der Waals surface area contributed by atoms with E-state index < -0.39 is 47.3 Å². The summed E-state index contributed by atoms with van der Waals surface area (Å²) in [5.74, 6) is -1.84. The smallest absolute Gasteiger partial charge is 0.405 e. The lowest BCUT2D eigenvalue weighted by atomic mass is 10.1. The number of nitrogens with zero attached hydrogens (tertiary/aromatic N) is 1. The summed E-state index contributed by atoms with van der Waals surface area (Å²) in [7, 11) is -3.55. The van der Waals surface area contributed by atoms with E-state index in [1.54, 1.807) is 17.4 Å². The van der Waals surface area contributed by atoms with E-state index in [0.717, 1.165) is 19.3 Å². The minimum Gasteiger partial charge on any atom is -0.456 e. The molecule has 9 nitrogen and oxygen atoms in total. The highest BCUT2D eigenvalue weighted by Crippen LogP contribution is 2.21. The average Bonchev–Trinajstić information content (AvgIpc) is 2.75. The number of nitrogens with one attached hydrogen (secondary N) is 2. The third-order valence-electron chi connectivity index (χ3n) is 4.56. The SMILES string of the molecule is O=C(COC(=O)CCc1ccc(S(=O)(=O)N2CCCCC2)cc1)NC(=O)NCC(F)(F)F. The van der Waals surface area contributed by atoms with E-state index in [2.05, 4.69) is 4.74 Å². The van der Waals surface area contributed by atoms with Gasteiger partial charge in [-0.15, -0.1) is 0 Å². The zero-order chi connectivity index (χ0) is 23.8. The average molecular weight is 479 g/mol. The lowest BCUT2D eigenvalue weighted by Crippen LogP contribution is -2.44. The largest absolute Gasteiger partial charge is 0.456 e. The predicted molar refractivity (Wildman–Crippen MR) is 106 cm³/mol. The highest BCUT2D eigenvalue weighted by molar-refractivity contribution is 7.89. The second-order valence-electron chi connectivity index (χ2n) is 7.12. The van der Waals surface area contributed by atoms with E-state index in [9.17, 15) is 36.0 Å². The van der Waals surface area contributed by atoms with Gasteiger partial charge in [-0.1, -0.05) is 18.6 Å². The fourth-order valence-corrected chi connectivity index (χ4v) is 4.45. The number of hydrogen-bond acceptors (Lipinski definition) is 6. The zero-order valence-electron chi connectivity index (χ0n) is 17.1. The van der Waals surface area contributed by atoms with Gasteiger partial charge in [-0.25, -0.2) is 13.2 Å². The molecule has 0 radical (unpaired) electrons. The van der Waals surface area contributed by atoms with E-state index in [1.807, 2.05) is 0 Å². The van der Waals surface area contributed by atoms with Crippen molar-refractivity contribution < 1.29 is 40.7 Å². The van der Waals surface area contributed by atoms with Gasteiger partial charge in [-0.05, 0) is 37.0 Å². The van der Waals surface area contributed by atoms with Crippen LogP contribution in [0.4, 0.5) is 18.0 Å². The van der Waals surface area contributed by atoms with Gasteiger partial charge in [0.15, 0.2) is 6.61 Å². The number of sulfonamides is 1. The molecule has 1 fully saturated rings. The number of hydrogen-bond donors (Lipinski definition) is 2. The van der Waals surface area contributed by atoms with Crippen LogP contribution < -0.4 is 10.6 Å². The topological polar surface area (TPSA) is 122 Å². The Morgan fingerprint density at radius 1 is 1.03 bits per heavy atom. The molecule has 178 valence electrons. The van der Waals surface area contributed by atoms with Crippen molar-refractivity contribution in [3.63, 3.8) is 0 Å². The minimum absolute atomic E-state index is 0.119. The van der Waals surface area contributed by atoms with Gasteiger partial charge in [-0.2, -0.15) is 17.5 Å². The van der Waals surface area contributed by atoms with E-state index in [4.69, 9.17) is 0 Å². The second-order valence-corrected chi connectivity index (χ2v) is 9.05. The number of carbonyl (C=O) groups is 3. The van der Waals surface area contributed by atoms with E-state index in [0.29, 0.717) is 18.7 Å². The van der Waals surface area contributed by atoms with Crippen molar-refractivity contribution in [1.82, 2.24) is 14.9 Å². The molecule has 0 atom stereocenters. The van der Waals surface area contributed by atoms with Crippen molar-refractivity contribution in [3.8, 4) is 0 Å². The minimum atomic E-state index is -4.62. The maximum atomic E-state index is 12.6.